The lowest BCUT2D eigenvalue weighted by Crippen LogP contribution is -2.33. The second-order valence-corrected chi connectivity index (χ2v) is 4.70. The number of methoxy groups -OCH3 is 1. The summed E-state index contributed by atoms with van der Waals surface area (Å²) in [7, 11) is 1.69. The molecule has 0 saturated carbocycles. The van der Waals surface area contributed by atoms with Crippen molar-refractivity contribution in [3.63, 3.8) is 0 Å². The average Bonchev–Trinajstić information content (AvgIpc) is 2.33. The van der Waals surface area contributed by atoms with Gasteiger partial charge in [0.1, 0.15) is 5.75 Å². The van der Waals surface area contributed by atoms with Crippen molar-refractivity contribution in [2.24, 2.45) is 0 Å². The normalized spacial score (nSPS) is 20.8. The number of ether oxygens (including phenoxy) is 2. The third-order valence-electron chi connectivity index (χ3n) is 2.77. The lowest BCUT2D eigenvalue weighted by atomic mass is 10.0. The molecule has 1 aromatic carbocycles. The fourth-order valence-corrected chi connectivity index (χ4v) is 2.36. The summed E-state index contributed by atoms with van der Waals surface area (Å²) < 4.78 is 12.1. The van der Waals surface area contributed by atoms with Crippen LogP contribution in [0.1, 0.15) is 17.2 Å². The molecule has 1 N–H and O–H groups in total. The largest absolute Gasteiger partial charge is 0.497 e. The average molecular weight is 286 g/mol. The summed E-state index contributed by atoms with van der Waals surface area (Å²) >= 11 is 3.62. The number of rotatable bonds is 2. The summed E-state index contributed by atoms with van der Waals surface area (Å²) in [6, 6.07) is 4.05. The predicted octanol–water partition coefficient (Wildman–Crippen LogP) is 2.43. The summed E-state index contributed by atoms with van der Waals surface area (Å²) in [4.78, 5) is 0. The molecule has 0 spiro atoms. The van der Waals surface area contributed by atoms with Crippen molar-refractivity contribution in [1.29, 1.82) is 0 Å². The van der Waals surface area contributed by atoms with Crippen LogP contribution in [0, 0.1) is 6.92 Å². The molecule has 0 aromatic heterocycles. The predicted molar refractivity (Wildman–Crippen MR) is 67.0 cm³/mol. The fraction of sp³-hybridized carbons (Fsp3) is 0.500. The van der Waals surface area contributed by atoms with Crippen molar-refractivity contribution < 1.29 is 9.47 Å². The van der Waals surface area contributed by atoms with Crippen molar-refractivity contribution in [3.05, 3.63) is 27.7 Å². The van der Waals surface area contributed by atoms with Crippen LogP contribution in [0.5, 0.6) is 5.75 Å². The molecule has 1 atom stereocenters. The Morgan fingerprint density at radius 3 is 2.94 bits per heavy atom. The topological polar surface area (TPSA) is 30.5 Å². The molecular weight excluding hydrogens is 270 g/mol. The van der Waals surface area contributed by atoms with E-state index in [9.17, 15) is 0 Å². The number of benzene rings is 1. The molecule has 1 aliphatic rings. The Labute approximate surface area is 104 Å². The van der Waals surface area contributed by atoms with Crippen LogP contribution in [0.4, 0.5) is 0 Å². The Hall–Kier alpha value is -0.580. The van der Waals surface area contributed by atoms with Crippen LogP contribution in [0.2, 0.25) is 0 Å². The molecule has 1 heterocycles. The van der Waals surface area contributed by atoms with Crippen LogP contribution in [0.15, 0.2) is 16.6 Å². The van der Waals surface area contributed by atoms with E-state index in [-0.39, 0.29) is 6.10 Å². The maximum Gasteiger partial charge on any atom is 0.119 e. The maximum absolute atomic E-state index is 5.75. The Kier molecular flexibility index (Phi) is 3.84. The second-order valence-electron chi connectivity index (χ2n) is 3.91. The van der Waals surface area contributed by atoms with Crippen LogP contribution < -0.4 is 10.1 Å². The zero-order valence-electron chi connectivity index (χ0n) is 9.55. The molecule has 1 saturated heterocycles. The summed E-state index contributed by atoms with van der Waals surface area (Å²) in [5, 5.41) is 3.33. The van der Waals surface area contributed by atoms with E-state index in [4.69, 9.17) is 9.47 Å². The van der Waals surface area contributed by atoms with Crippen LogP contribution in [0.25, 0.3) is 0 Å². The van der Waals surface area contributed by atoms with Gasteiger partial charge in [0.25, 0.3) is 0 Å². The number of hydrogen-bond donors (Lipinski definition) is 1. The highest BCUT2D eigenvalue weighted by Gasteiger charge is 2.20. The number of nitrogens with one attached hydrogen (secondary N) is 1. The minimum absolute atomic E-state index is 0.108. The standard InChI is InChI=1S/C12H16BrNO2/c1-8-5-9(15-2)6-10(12(8)13)11-7-14-3-4-16-11/h5-6,11,14H,3-4,7H2,1-2H3. The first kappa shape index (κ1) is 11.9. The van der Waals surface area contributed by atoms with Crippen LogP contribution in [0.3, 0.4) is 0 Å². The summed E-state index contributed by atoms with van der Waals surface area (Å²) in [6.07, 6.45) is 0.108. The molecule has 0 aliphatic carbocycles. The minimum Gasteiger partial charge on any atom is -0.497 e. The van der Waals surface area contributed by atoms with Gasteiger partial charge in [-0.1, -0.05) is 15.9 Å². The van der Waals surface area contributed by atoms with E-state index in [1.165, 1.54) is 5.56 Å². The molecule has 0 amide bonds. The summed E-state index contributed by atoms with van der Waals surface area (Å²) in [6.45, 7) is 4.60. The molecule has 1 aliphatic heterocycles. The van der Waals surface area contributed by atoms with Gasteiger partial charge in [0.05, 0.1) is 19.8 Å². The van der Waals surface area contributed by atoms with Gasteiger partial charge in [-0.25, -0.2) is 0 Å². The highest BCUT2D eigenvalue weighted by molar-refractivity contribution is 9.10. The van der Waals surface area contributed by atoms with Gasteiger partial charge >= 0.3 is 0 Å². The third kappa shape index (κ3) is 2.39. The molecule has 4 heteroatoms. The smallest absolute Gasteiger partial charge is 0.119 e. The summed E-state index contributed by atoms with van der Waals surface area (Å²) in [5.41, 5.74) is 2.33. The molecule has 3 nitrogen and oxygen atoms in total. The van der Waals surface area contributed by atoms with E-state index in [2.05, 4.69) is 28.2 Å². The molecule has 0 bridgehead atoms. The maximum atomic E-state index is 5.75. The lowest BCUT2D eigenvalue weighted by Gasteiger charge is -2.25. The number of morpholine rings is 1. The van der Waals surface area contributed by atoms with Crippen molar-refractivity contribution in [1.82, 2.24) is 5.32 Å². The van der Waals surface area contributed by atoms with Gasteiger partial charge in [-0.05, 0) is 24.6 Å². The van der Waals surface area contributed by atoms with E-state index in [0.717, 1.165) is 35.5 Å². The molecular formula is C12H16BrNO2. The minimum atomic E-state index is 0.108. The highest BCUT2D eigenvalue weighted by Crippen LogP contribution is 2.33. The molecule has 1 unspecified atom stereocenters. The first-order valence-electron chi connectivity index (χ1n) is 5.38. The lowest BCUT2D eigenvalue weighted by molar-refractivity contribution is 0.0271. The Bertz CT molecular complexity index is 376. The number of hydrogen-bond acceptors (Lipinski definition) is 3. The van der Waals surface area contributed by atoms with Crippen LogP contribution >= 0.6 is 15.9 Å². The Balaban J connectivity index is 2.33. The molecule has 1 fully saturated rings. The van der Waals surface area contributed by atoms with Gasteiger partial charge in [0.2, 0.25) is 0 Å². The second kappa shape index (κ2) is 5.17. The van der Waals surface area contributed by atoms with E-state index in [1.54, 1.807) is 7.11 Å². The van der Waals surface area contributed by atoms with Gasteiger partial charge in [0.15, 0.2) is 0 Å². The van der Waals surface area contributed by atoms with E-state index in [0.29, 0.717) is 0 Å². The van der Waals surface area contributed by atoms with Gasteiger partial charge < -0.3 is 14.8 Å². The van der Waals surface area contributed by atoms with E-state index >= 15 is 0 Å². The molecule has 2 rings (SSSR count). The van der Waals surface area contributed by atoms with E-state index < -0.39 is 0 Å². The van der Waals surface area contributed by atoms with Gasteiger partial charge in [0, 0.05) is 23.1 Å². The zero-order valence-corrected chi connectivity index (χ0v) is 11.1. The molecule has 0 radical (unpaired) electrons. The monoisotopic (exact) mass is 285 g/mol. The summed E-state index contributed by atoms with van der Waals surface area (Å²) in [5.74, 6) is 0.880. The third-order valence-corrected chi connectivity index (χ3v) is 3.85. The van der Waals surface area contributed by atoms with E-state index in [1.807, 2.05) is 12.1 Å². The molecule has 16 heavy (non-hydrogen) atoms. The van der Waals surface area contributed by atoms with Crippen molar-refractivity contribution in [3.8, 4) is 5.75 Å². The van der Waals surface area contributed by atoms with Crippen LogP contribution in [-0.2, 0) is 4.74 Å². The SMILES string of the molecule is COc1cc(C)c(Br)c(C2CNCCO2)c1. The first-order valence-corrected chi connectivity index (χ1v) is 6.18. The first-order chi connectivity index (χ1) is 7.72. The Morgan fingerprint density at radius 1 is 1.50 bits per heavy atom. The van der Waals surface area contributed by atoms with Gasteiger partial charge in [-0.15, -0.1) is 0 Å². The highest BCUT2D eigenvalue weighted by atomic mass is 79.9. The van der Waals surface area contributed by atoms with Crippen molar-refractivity contribution in [2.75, 3.05) is 26.8 Å². The van der Waals surface area contributed by atoms with Crippen LogP contribution in [-0.4, -0.2) is 26.8 Å². The number of halogens is 1. The van der Waals surface area contributed by atoms with Crippen molar-refractivity contribution >= 4 is 15.9 Å². The number of aryl methyl sites for hydroxylation is 1. The quantitative estimate of drug-likeness (QED) is 0.905. The van der Waals surface area contributed by atoms with Crippen molar-refractivity contribution in [2.45, 2.75) is 13.0 Å². The molecule has 1 aromatic rings. The van der Waals surface area contributed by atoms with Gasteiger partial charge in [-0.2, -0.15) is 0 Å². The zero-order chi connectivity index (χ0) is 11.5. The van der Waals surface area contributed by atoms with Gasteiger partial charge in [-0.3, -0.25) is 0 Å². The fourth-order valence-electron chi connectivity index (χ4n) is 1.88. The molecule has 88 valence electrons. The Morgan fingerprint density at radius 2 is 2.31 bits per heavy atom.